The SMILES string of the molecule is CC(CC(N)=O)NC(=O)c1ccc2c(c1)CCC(=O)N2. The summed E-state index contributed by atoms with van der Waals surface area (Å²) in [6, 6.07) is 4.83. The van der Waals surface area contributed by atoms with E-state index in [4.69, 9.17) is 5.73 Å². The predicted molar refractivity (Wildman–Crippen MR) is 74.1 cm³/mol. The van der Waals surface area contributed by atoms with E-state index in [9.17, 15) is 14.4 Å². The van der Waals surface area contributed by atoms with Crippen molar-refractivity contribution in [3.05, 3.63) is 29.3 Å². The van der Waals surface area contributed by atoms with Crippen molar-refractivity contribution in [3.63, 3.8) is 0 Å². The molecule has 1 heterocycles. The van der Waals surface area contributed by atoms with Crippen LogP contribution < -0.4 is 16.4 Å². The molecular weight excluding hydrogens is 258 g/mol. The summed E-state index contributed by atoms with van der Waals surface area (Å²) in [5.41, 5.74) is 7.29. The molecule has 1 aliphatic heterocycles. The molecule has 1 atom stereocenters. The number of nitrogens with two attached hydrogens (primary N) is 1. The predicted octanol–water partition coefficient (Wildman–Crippen LogP) is 0.565. The zero-order chi connectivity index (χ0) is 14.7. The van der Waals surface area contributed by atoms with Crippen molar-refractivity contribution in [2.24, 2.45) is 5.73 Å². The second-order valence-corrected chi connectivity index (χ2v) is 4.97. The topological polar surface area (TPSA) is 101 Å². The highest BCUT2D eigenvalue weighted by Gasteiger charge is 2.17. The van der Waals surface area contributed by atoms with Gasteiger partial charge in [0.05, 0.1) is 0 Å². The number of primary amides is 1. The zero-order valence-electron chi connectivity index (χ0n) is 11.2. The number of aryl methyl sites for hydroxylation is 1. The number of nitrogens with one attached hydrogen (secondary N) is 2. The van der Waals surface area contributed by atoms with Crippen LogP contribution in [0.2, 0.25) is 0 Å². The molecule has 6 nitrogen and oxygen atoms in total. The summed E-state index contributed by atoms with van der Waals surface area (Å²) in [5, 5.41) is 5.48. The summed E-state index contributed by atoms with van der Waals surface area (Å²) in [6.07, 6.45) is 1.15. The third kappa shape index (κ3) is 3.34. The van der Waals surface area contributed by atoms with E-state index in [1.54, 1.807) is 25.1 Å². The number of rotatable bonds is 4. The molecule has 1 aromatic carbocycles. The molecule has 3 amide bonds. The van der Waals surface area contributed by atoms with Gasteiger partial charge in [0.2, 0.25) is 11.8 Å². The van der Waals surface area contributed by atoms with Gasteiger partial charge in [0, 0.05) is 30.1 Å². The summed E-state index contributed by atoms with van der Waals surface area (Å²) < 4.78 is 0. The average molecular weight is 275 g/mol. The minimum Gasteiger partial charge on any atom is -0.370 e. The fraction of sp³-hybridized carbons (Fsp3) is 0.357. The summed E-state index contributed by atoms with van der Waals surface area (Å²) in [6.45, 7) is 1.72. The fourth-order valence-corrected chi connectivity index (χ4v) is 2.18. The molecule has 0 aromatic heterocycles. The number of amides is 3. The molecule has 106 valence electrons. The van der Waals surface area contributed by atoms with E-state index >= 15 is 0 Å². The number of benzene rings is 1. The van der Waals surface area contributed by atoms with Gasteiger partial charge in [0.25, 0.3) is 5.91 Å². The first-order valence-electron chi connectivity index (χ1n) is 6.47. The van der Waals surface area contributed by atoms with Crippen LogP contribution in [-0.4, -0.2) is 23.8 Å². The molecule has 1 unspecified atom stereocenters. The first-order chi connectivity index (χ1) is 9.45. The largest absolute Gasteiger partial charge is 0.370 e. The Labute approximate surface area is 116 Å². The van der Waals surface area contributed by atoms with Gasteiger partial charge < -0.3 is 16.4 Å². The van der Waals surface area contributed by atoms with Crippen molar-refractivity contribution < 1.29 is 14.4 Å². The summed E-state index contributed by atoms with van der Waals surface area (Å²) in [7, 11) is 0. The average Bonchev–Trinajstić information content (AvgIpc) is 2.36. The normalized spacial score (nSPS) is 14.9. The summed E-state index contributed by atoms with van der Waals surface area (Å²) in [4.78, 5) is 34.1. The summed E-state index contributed by atoms with van der Waals surface area (Å²) in [5.74, 6) is -0.714. The number of hydrogen-bond acceptors (Lipinski definition) is 3. The lowest BCUT2D eigenvalue weighted by molar-refractivity contribution is -0.118. The molecule has 0 spiro atoms. The highest BCUT2D eigenvalue weighted by molar-refractivity contribution is 5.98. The Morgan fingerprint density at radius 2 is 2.15 bits per heavy atom. The third-order valence-corrected chi connectivity index (χ3v) is 3.15. The minimum absolute atomic E-state index is 0.00946. The van der Waals surface area contributed by atoms with Gasteiger partial charge in [-0.15, -0.1) is 0 Å². The molecule has 0 aliphatic carbocycles. The van der Waals surface area contributed by atoms with Crippen LogP contribution in [0.3, 0.4) is 0 Å². The molecule has 0 saturated heterocycles. The Kier molecular flexibility index (Phi) is 4.02. The van der Waals surface area contributed by atoms with E-state index in [2.05, 4.69) is 10.6 Å². The number of hydrogen-bond donors (Lipinski definition) is 3. The maximum Gasteiger partial charge on any atom is 0.251 e. The maximum atomic E-state index is 12.0. The minimum atomic E-state index is -0.453. The quantitative estimate of drug-likeness (QED) is 0.748. The molecule has 0 saturated carbocycles. The molecule has 20 heavy (non-hydrogen) atoms. The molecule has 6 heteroatoms. The first kappa shape index (κ1) is 14.0. The van der Waals surface area contributed by atoms with Gasteiger partial charge in [-0.05, 0) is 37.1 Å². The second kappa shape index (κ2) is 5.73. The van der Waals surface area contributed by atoms with Crippen LogP contribution >= 0.6 is 0 Å². The Bertz CT molecular complexity index is 569. The van der Waals surface area contributed by atoms with Crippen molar-refractivity contribution in [3.8, 4) is 0 Å². The van der Waals surface area contributed by atoms with Crippen molar-refractivity contribution in [1.29, 1.82) is 0 Å². The highest BCUT2D eigenvalue weighted by atomic mass is 16.2. The van der Waals surface area contributed by atoms with Gasteiger partial charge in [0.1, 0.15) is 0 Å². The number of fused-ring (bicyclic) bond motifs is 1. The van der Waals surface area contributed by atoms with E-state index in [0.29, 0.717) is 18.4 Å². The Morgan fingerprint density at radius 1 is 1.40 bits per heavy atom. The van der Waals surface area contributed by atoms with Gasteiger partial charge in [-0.2, -0.15) is 0 Å². The van der Waals surface area contributed by atoms with Gasteiger partial charge in [0.15, 0.2) is 0 Å². The van der Waals surface area contributed by atoms with Crippen molar-refractivity contribution >= 4 is 23.4 Å². The molecule has 1 aromatic rings. The Hall–Kier alpha value is -2.37. The van der Waals surface area contributed by atoms with E-state index < -0.39 is 5.91 Å². The lowest BCUT2D eigenvalue weighted by Crippen LogP contribution is -2.35. The van der Waals surface area contributed by atoms with Gasteiger partial charge >= 0.3 is 0 Å². The maximum absolute atomic E-state index is 12.0. The van der Waals surface area contributed by atoms with E-state index in [-0.39, 0.29) is 24.3 Å². The van der Waals surface area contributed by atoms with Crippen LogP contribution in [-0.2, 0) is 16.0 Å². The lowest BCUT2D eigenvalue weighted by Gasteiger charge is -2.18. The number of carbonyl (C=O) groups is 3. The standard InChI is InChI=1S/C14H17N3O3/c1-8(6-12(15)18)16-14(20)10-2-4-11-9(7-10)3-5-13(19)17-11/h2,4,7-8H,3,5-6H2,1H3,(H2,15,18)(H,16,20)(H,17,19). The molecule has 0 fully saturated rings. The van der Waals surface area contributed by atoms with E-state index in [1.165, 1.54) is 0 Å². The van der Waals surface area contributed by atoms with Crippen LogP contribution in [0.4, 0.5) is 5.69 Å². The summed E-state index contributed by atoms with van der Waals surface area (Å²) >= 11 is 0. The van der Waals surface area contributed by atoms with Crippen LogP contribution in [0.25, 0.3) is 0 Å². The van der Waals surface area contributed by atoms with Crippen molar-refractivity contribution in [2.45, 2.75) is 32.2 Å². The zero-order valence-corrected chi connectivity index (χ0v) is 11.2. The van der Waals surface area contributed by atoms with Crippen molar-refractivity contribution in [2.75, 3.05) is 5.32 Å². The van der Waals surface area contributed by atoms with Gasteiger partial charge in [-0.3, -0.25) is 14.4 Å². The van der Waals surface area contributed by atoms with Gasteiger partial charge in [-0.1, -0.05) is 0 Å². The van der Waals surface area contributed by atoms with E-state index in [0.717, 1.165) is 11.3 Å². The van der Waals surface area contributed by atoms with Crippen LogP contribution in [0, 0.1) is 0 Å². The molecule has 1 aliphatic rings. The molecule has 4 N–H and O–H groups in total. The van der Waals surface area contributed by atoms with Crippen LogP contribution in [0.5, 0.6) is 0 Å². The monoisotopic (exact) mass is 275 g/mol. The van der Waals surface area contributed by atoms with Gasteiger partial charge in [-0.25, -0.2) is 0 Å². The van der Waals surface area contributed by atoms with Crippen LogP contribution in [0.1, 0.15) is 35.7 Å². The molecule has 0 bridgehead atoms. The van der Waals surface area contributed by atoms with Crippen LogP contribution in [0.15, 0.2) is 18.2 Å². The lowest BCUT2D eigenvalue weighted by atomic mass is 10.00. The Balaban J connectivity index is 2.08. The Morgan fingerprint density at radius 3 is 2.85 bits per heavy atom. The van der Waals surface area contributed by atoms with Crippen molar-refractivity contribution in [1.82, 2.24) is 5.32 Å². The highest BCUT2D eigenvalue weighted by Crippen LogP contribution is 2.23. The molecule has 2 rings (SSSR count). The first-order valence-corrected chi connectivity index (χ1v) is 6.47. The van der Waals surface area contributed by atoms with E-state index in [1.807, 2.05) is 0 Å². The number of carbonyl (C=O) groups excluding carboxylic acids is 3. The fourth-order valence-electron chi connectivity index (χ4n) is 2.18. The molecular formula is C14H17N3O3. The smallest absolute Gasteiger partial charge is 0.251 e. The number of anilines is 1. The molecule has 0 radical (unpaired) electrons. The third-order valence-electron chi connectivity index (χ3n) is 3.15. The second-order valence-electron chi connectivity index (χ2n) is 4.97.